The highest BCUT2D eigenvalue weighted by atomic mass is 16.5. The van der Waals surface area contributed by atoms with Gasteiger partial charge in [0, 0.05) is 5.54 Å². The van der Waals surface area contributed by atoms with Crippen molar-refractivity contribution in [2.45, 2.75) is 26.3 Å². The van der Waals surface area contributed by atoms with Crippen LogP contribution in [0.25, 0.3) is 0 Å². The van der Waals surface area contributed by atoms with Gasteiger partial charge in [0.1, 0.15) is 0 Å². The molecule has 0 atom stereocenters. The summed E-state index contributed by atoms with van der Waals surface area (Å²) in [7, 11) is 3.02. The first-order chi connectivity index (χ1) is 6.74. The standard InChI is InChI=1S/C10H20N2O3/c1-10(2,3)11-8(13)6-12(4)7-9(14)15-5/h6-7H2,1-5H3,(H,11,13). The molecular weight excluding hydrogens is 196 g/mol. The summed E-state index contributed by atoms with van der Waals surface area (Å²) in [6.07, 6.45) is 0. The largest absolute Gasteiger partial charge is 0.468 e. The minimum Gasteiger partial charge on any atom is -0.468 e. The number of rotatable bonds is 4. The Labute approximate surface area is 90.8 Å². The van der Waals surface area contributed by atoms with E-state index in [1.54, 1.807) is 11.9 Å². The number of nitrogens with one attached hydrogen (secondary N) is 1. The number of esters is 1. The van der Waals surface area contributed by atoms with Gasteiger partial charge in [-0.15, -0.1) is 0 Å². The molecule has 0 heterocycles. The molecule has 1 amide bonds. The Morgan fingerprint density at radius 1 is 1.27 bits per heavy atom. The van der Waals surface area contributed by atoms with Gasteiger partial charge in [0.05, 0.1) is 20.2 Å². The summed E-state index contributed by atoms with van der Waals surface area (Å²) in [5.41, 5.74) is -0.247. The molecule has 0 aliphatic heterocycles. The highest BCUT2D eigenvalue weighted by molar-refractivity contribution is 5.79. The number of ether oxygens (including phenoxy) is 1. The number of likely N-dealkylation sites (N-methyl/N-ethyl adjacent to an activating group) is 1. The van der Waals surface area contributed by atoms with Crippen molar-refractivity contribution in [2.24, 2.45) is 0 Å². The van der Waals surface area contributed by atoms with Gasteiger partial charge in [0.25, 0.3) is 0 Å². The summed E-state index contributed by atoms with van der Waals surface area (Å²) < 4.78 is 4.49. The van der Waals surface area contributed by atoms with E-state index in [0.717, 1.165) is 0 Å². The Kier molecular flexibility index (Phi) is 5.28. The number of carbonyl (C=O) groups is 2. The number of carbonyl (C=O) groups excluding carboxylic acids is 2. The smallest absolute Gasteiger partial charge is 0.319 e. The van der Waals surface area contributed by atoms with Gasteiger partial charge in [-0.3, -0.25) is 14.5 Å². The summed E-state index contributed by atoms with van der Waals surface area (Å²) in [6.45, 7) is 6.03. The molecule has 88 valence electrons. The molecule has 0 fully saturated rings. The molecule has 0 saturated heterocycles. The number of hydrogen-bond acceptors (Lipinski definition) is 4. The molecule has 5 heteroatoms. The second-order valence-electron chi connectivity index (χ2n) is 4.55. The van der Waals surface area contributed by atoms with Crippen LogP contribution in [0, 0.1) is 0 Å². The van der Waals surface area contributed by atoms with E-state index in [9.17, 15) is 9.59 Å². The normalized spacial score (nSPS) is 11.3. The van der Waals surface area contributed by atoms with Crippen LogP contribution in [0.4, 0.5) is 0 Å². The molecule has 0 rings (SSSR count). The molecule has 1 N–H and O–H groups in total. The third-order valence-electron chi connectivity index (χ3n) is 1.55. The van der Waals surface area contributed by atoms with Gasteiger partial charge in [0.15, 0.2) is 0 Å². The van der Waals surface area contributed by atoms with Crippen molar-refractivity contribution in [1.82, 2.24) is 10.2 Å². The minimum absolute atomic E-state index is 0.103. The van der Waals surface area contributed by atoms with Crippen LogP contribution in [-0.4, -0.2) is 49.6 Å². The fraction of sp³-hybridized carbons (Fsp3) is 0.800. The summed E-state index contributed by atoms with van der Waals surface area (Å²) in [5.74, 6) is -0.449. The van der Waals surface area contributed by atoms with E-state index in [4.69, 9.17) is 0 Å². The molecule has 0 saturated carbocycles. The Morgan fingerprint density at radius 2 is 1.80 bits per heavy atom. The summed E-state index contributed by atoms with van der Waals surface area (Å²) in [5, 5.41) is 2.81. The molecule has 0 spiro atoms. The summed E-state index contributed by atoms with van der Waals surface area (Å²) in [4.78, 5) is 23.9. The molecule has 0 aliphatic rings. The number of nitrogens with zero attached hydrogens (tertiary/aromatic N) is 1. The molecule has 0 aromatic heterocycles. The number of methoxy groups -OCH3 is 1. The maximum absolute atomic E-state index is 11.4. The molecule has 0 bridgehead atoms. The summed E-state index contributed by atoms with van der Waals surface area (Å²) >= 11 is 0. The van der Waals surface area contributed by atoms with Gasteiger partial charge < -0.3 is 10.1 Å². The molecule has 0 unspecified atom stereocenters. The first-order valence-electron chi connectivity index (χ1n) is 4.81. The van der Waals surface area contributed by atoms with E-state index in [1.807, 2.05) is 20.8 Å². The molecule has 5 nitrogen and oxygen atoms in total. The molecule has 0 radical (unpaired) electrons. The fourth-order valence-corrected chi connectivity index (χ4v) is 1.04. The fourth-order valence-electron chi connectivity index (χ4n) is 1.04. The Bertz CT molecular complexity index is 233. The lowest BCUT2D eigenvalue weighted by Crippen LogP contribution is -2.46. The molecule has 0 aliphatic carbocycles. The number of amides is 1. The Balaban J connectivity index is 3.92. The van der Waals surface area contributed by atoms with Crippen molar-refractivity contribution < 1.29 is 14.3 Å². The summed E-state index contributed by atoms with van der Waals surface area (Å²) in [6, 6.07) is 0. The van der Waals surface area contributed by atoms with Crippen LogP contribution in [0.1, 0.15) is 20.8 Å². The zero-order valence-electron chi connectivity index (χ0n) is 10.1. The van der Waals surface area contributed by atoms with Crippen LogP contribution >= 0.6 is 0 Å². The average molecular weight is 216 g/mol. The van der Waals surface area contributed by atoms with Gasteiger partial charge in [-0.25, -0.2) is 0 Å². The quantitative estimate of drug-likeness (QED) is 0.672. The van der Waals surface area contributed by atoms with E-state index >= 15 is 0 Å². The van der Waals surface area contributed by atoms with Crippen LogP contribution in [0.5, 0.6) is 0 Å². The molecule has 0 aromatic rings. The minimum atomic E-state index is -0.346. The van der Waals surface area contributed by atoms with Gasteiger partial charge in [-0.2, -0.15) is 0 Å². The van der Waals surface area contributed by atoms with Crippen molar-refractivity contribution in [3.05, 3.63) is 0 Å². The first-order valence-corrected chi connectivity index (χ1v) is 4.81. The maximum atomic E-state index is 11.4. The van der Waals surface area contributed by atoms with Gasteiger partial charge in [-0.1, -0.05) is 0 Å². The third kappa shape index (κ3) is 7.93. The van der Waals surface area contributed by atoms with Crippen molar-refractivity contribution in [3.8, 4) is 0 Å². The van der Waals surface area contributed by atoms with E-state index in [-0.39, 0.29) is 30.5 Å². The van der Waals surface area contributed by atoms with Crippen LogP contribution < -0.4 is 5.32 Å². The maximum Gasteiger partial charge on any atom is 0.319 e. The highest BCUT2D eigenvalue weighted by Gasteiger charge is 2.16. The second kappa shape index (κ2) is 5.70. The van der Waals surface area contributed by atoms with E-state index < -0.39 is 0 Å². The number of hydrogen-bond donors (Lipinski definition) is 1. The predicted molar refractivity (Wildman–Crippen MR) is 57.4 cm³/mol. The highest BCUT2D eigenvalue weighted by Crippen LogP contribution is 1.98. The van der Waals surface area contributed by atoms with Crippen molar-refractivity contribution in [2.75, 3.05) is 27.2 Å². The van der Waals surface area contributed by atoms with Crippen molar-refractivity contribution in [1.29, 1.82) is 0 Å². The topological polar surface area (TPSA) is 58.6 Å². The van der Waals surface area contributed by atoms with Crippen molar-refractivity contribution in [3.63, 3.8) is 0 Å². The molecule has 0 aromatic carbocycles. The second-order valence-corrected chi connectivity index (χ2v) is 4.55. The van der Waals surface area contributed by atoms with Crippen LogP contribution in [0.15, 0.2) is 0 Å². The van der Waals surface area contributed by atoms with Gasteiger partial charge in [-0.05, 0) is 27.8 Å². The van der Waals surface area contributed by atoms with Crippen LogP contribution in [0.2, 0.25) is 0 Å². The lowest BCUT2D eigenvalue weighted by molar-refractivity contribution is -0.141. The van der Waals surface area contributed by atoms with E-state index in [1.165, 1.54) is 7.11 Å². The third-order valence-corrected chi connectivity index (χ3v) is 1.55. The molecule has 15 heavy (non-hydrogen) atoms. The lowest BCUT2D eigenvalue weighted by Gasteiger charge is -2.22. The first kappa shape index (κ1) is 13.9. The SMILES string of the molecule is COC(=O)CN(C)CC(=O)NC(C)(C)C. The average Bonchev–Trinajstić information content (AvgIpc) is 1.99. The van der Waals surface area contributed by atoms with Gasteiger partial charge in [0.2, 0.25) is 5.91 Å². The zero-order valence-corrected chi connectivity index (χ0v) is 10.1. The lowest BCUT2D eigenvalue weighted by atomic mass is 10.1. The van der Waals surface area contributed by atoms with Gasteiger partial charge >= 0.3 is 5.97 Å². The van der Waals surface area contributed by atoms with Crippen molar-refractivity contribution >= 4 is 11.9 Å². The Morgan fingerprint density at radius 3 is 2.20 bits per heavy atom. The van der Waals surface area contributed by atoms with Crippen LogP contribution in [-0.2, 0) is 14.3 Å². The zero-order chi connectivity index (χ0) is 12.1. The Hall–Kier alpha value is -1.10. The van der Waals surface area contributed by atoms with Crippen LogP contribution in [0.3, 0.4) is 0 Å². The van der Waals surface area contributed by atoms with E-state index in [2.05, 4.69) is 10.1 Å². The van der Waals surface area contributed by atoms with E-state index in [0.29, 0.717) is 0 Å². The molecular formula is C10H20N2O3. The monoisotopic (exact) mass is 216 g/mol. The predicted octanol–water partition coefficient (Wildman–Crippen LogP) is 0.00590.